The molecule has 0 aromatic rings. The zero-order valence-electron chi connectivity index (χ0n) is 19.8. The van der Waals surface area contributed by atoms with Crippen molar-refractivity contribution in [2.75, 3.05) is 61.0 Å². The van der Waals surface area contributed by atoms with E-state index in [0.29, 0.717) is 0 Å². The summed E-state index contributed by atoms with van der Waals surface area (Å²) in [6, 6.07) is 0. The highest BCUT2D eigenvalue weighted by Gasteiger charge is 2.43. The van der Waals surface area contributed by atoms with Gasteiger partial charge >= 0.3 is 0 Å². The molecular formula is C18H45O6Si4-. The first-order valence-electron chi connectivity index (χ1n) is 10.3. The van der Waals surface area contributed by atoms with Crippen LogP contribution in [0.3, 0.4) is 0 Å². The van der Waals surface area contributed by atoms with Crippen LogP contribution in [-0.2, 0) is 27.5 Å². The summed E-state index contributed by atoms with van der Waals surface area (Å²) in [6.45, 7) is 18.8. The Bertz CT molecular complexity index is 339. The Morgan fingerprint density at radius 2 is 0.714 bits per heavy atom. The molecular weight excluding hydrogens is 425 g/mol. The number of ether oxygens (including phenoxy) is 3. The van der Waals surface area contributed by atoms with Crippen molar-refractivity contribution in [1.29, 1.82) is 0 Å². The molecule has 0 amide bonds. The molecule has 28 heavy (non-hydrogen) atoms. The summed E-state index contributed by atoms with van der Waals surface area (Å²) in [7, 11) is -1.48. The second-order valence-electron chi connectivity index (χ2n) is 8.49. The fourth-order valence-electron chi connectivity index (χ4n) is 3.98. The summed E-state index contributed by atoms with van der Waals surface area (Å²) in [5, 5.41) is 0. The summed E-state index contributed by atoms with van der Waals surface area (Å²) in [6.07, 6.45) is 2.82. The second-order valence-corrected chi connectivity index (χ2v) is 39.0. The lowest BCUT2D eigenvalue weighted by Gasteiger charge is -2.59. The van der Waals surface area contributed by atoms with Crippen molar-refractivity contribution in [3.63, 3.8) is 0 Å². The maximum Gasteiger partial charge on any atom is 0.0483 e. The molecule has 0 N–H and O–H groups in total. The molecule has 6 nitrogen and oxygen atoms in total. The zero-order valence-corrected chi connectivity index (χ0v) is 23.8. The number of hydrogen-bond acceptors (Lipinski definition) is 6. The summed E-state index contributed by atoms with van der Waals surface area (Å²) >= 11 is 0. The van der Waals surface area contributed by atoms with E-state index in [1.54, 1.807) is 21.3 Å². The number of hydrogen-bond donors (Lipinski definition) is 0. The van der Waals surface area contributed by atoms with Gasteiger partial charge in [-0.3, -0.25) is 0 Å². The minimum absolute atomic E-state index is 0.745. The largest absolute Gasteiger partial charge is 0.453 e. The Kier molecular flexibility index (Phi) is 14.9. The molecule has 0 aliphatic heterocycles. The van der Waals surface area contributed by atoms with Crippen molar-refractivity contribution in [3.05, 3.63) is 0 Å². The van der Waals surface area contributed by atoms with E-state index < -0.39 is 30.9 Å². The highest BCUT2D eigenvalue weighted by molar-refractivity contribution is 7.79. The minimum atomic E-state index is -1.93. The van der Waals surface area contributed by atoms with Gasteiger partial charge in [-0.1, -0.05) is 39.3 Å². The number of methoxy groups -OCH3 is 3. The molecule has 0 bridgehead atoms. The van der Waals surface area contributed by atoms with Gasteiger partial charge in [-0.25, -0.2) is 0 Å². The van der Waals surface area contributed by atoms with Gasteiger partial charge in [-0.05, 0) is 19.3 Å². The second kappa shape index (κ2) is 14.6. The van der Waals surface area contributed by atoms with Crippen LogP contribution in [-0.4, -0.2) is 91.8 Å². The smallest absolute Gasteiger partial charge is 0.0483 e. The Hall–Kier alpha value is 0.628. The molecule has 0 aromatic carbocycles. The van der Waals surface area contributed by atoms with Crippen molar-refractivity contribution >= 4 is 30.9 Å². The van der Waals surface area contributed by atoms with Crippen LogP contribution in [0.4, 0.5) is 0 Å². The third kappa shape index (κ3) is 11.1. The van der Waals surface area contributed by atoms with Crippen LogP contribution in [0.15, 0.2) is 0 Å². The highest BCUT2D eigenvalue weighted by Crippen LogP contribution is 2.29. The standard InChI is InChI=1S/C18H45O6Si4/c1-19-13-10-16-22-26(4,5)25(27(6,7)23-17-11-14-20-2)28(8,9)24-18-12-15-21-3/h10-18H2,1-9H3/q-1. The molecule has 0 heterocycles. The summed E-state index contributed by atoms with van der Waals surface area (Å²) < 4.78 is 35.3. The topological polar surface area (TPSA) is 55.4 Å². The fraction of sp³-hybridized carbons (Fsp3) is 1.00. The summed E-state index contributed by atoms with van der Waals surface area (Å²) in [4.78, 5) is 0. The Labute approximate surface area is 177 Å². The van der Waals surface area contributed by atoms with Gasteiger partial charge in [-0.2, -0.15) is 7.35 Å². The van der Waals surface area contributed by atoms with E-state index >= 15 is 0 Å². The molecule has 0 aliphatic rings. The molecule has 0 saturated heterocycles. The van der Waals surface area contributed by atoms with Crippen LogP contribution in [0.5, 0.6) is 0 Å². The maximum absolute atomic E-state index is 6.59. The molecule has 0 unspecified atom stereocenters. The number of rotatable bonds is 18. The van der Waals surface area contributed by atoms with Crippen molar-refractivity contribution in [2.45, 2.75) is 58.5 Å². The summed E-state index contributed by atoms with van der Waals surface area (Å²) in [5.74, 6) is 0. The van der Waals surface area contributed by atoms with E-state index in [1.165, 1.54) is 0 Å². The first-order valence-corrected chi connectivity index (χ1v) is 23.5. The Morgan fingerprint density at radius 1 is 0.464 bits per heavy atom. The van der Waals surface area contributed by atoms with Gasteiger partial charge in [0.2, 0.25) is 0 Å². The molecule has 0 spiro atoms. The molecule has 0 fully saturated rings. The van der Waals surface area contributed by atoms with Gasteiger partial charge in [0.1, 0.15) is 0 Å². The van der Waals surface area contributed by atoms with E-state index in [4.69, 9.17) is 27.5 Å². The van der Waals surface area contributed by atoms with Crippen LogP contribution in [0, 0.1) is 0 Å². The van der Waals surface area contributed by atoms with E-state index in [9.17, 15) is 0 Å². The predicted octanol–water partition coefficient (Wildman–Crippen LogP) is 3.49. The van der Waals surface area contributed by atoms with Crippen molar-refractivity contribution in [3.8, 4) is 0 Å². The van der Waals surface area contributed by atoms with Gasteiger partial charge in [0.05, 0.1) is 0 Å². The van der Waals surface area contributed by atoms with E-state index in [0.717, 1.165) is 58.9 Å². The lowest BCUT2D eigenvalue weighted by molar-refractivity contribution is 0.170. The first-order chi connectivity index (χ1) is 13.0. The third-order valence-electron chi connectivity index (χ3n) is 4.67. The van der Waals surface area contributed by atoms with Gasteiger partial charge in [0.15, 0.2) is 0 Å². The van der Waals surface area contributed by atoms with Crippen LogP contribution < -0.4 is 0 Å². The van der Waals surface area contributed by atoms with Crippen molar-refractivity contribution < 1.29 is 27.5 Å². The zero-order chi connectivity index (χ0) is 21.7. The maximum atomic E-state index is 6.59. The first kappa shape index (κ1) is 28.6. The van der Waals surface area contributed by atoms with Crippen LogP contribution in [0.1, 0.15) is 19.3 Å². The van der Waals surface area contributed by atoms with Crippen LogP contribution in [0.2, 0.25) is 39.3 Å². The molecule has 170 valence electrons. The van der Waals surface area contributed by atoms with E-state index in [-0.39, 0.29) is 0 Å². The van der Waals surface area contributed by atoms with Crippen molar-refractivity contribution in [1.82, 2.24) is 0 Å². The third-order valence-corrected chi connectivity index (χ3v) is 55.7. The van der Waals surface area contributed by atoms with Gasteiger partial charge in [0, 0.05) is 84.5 Å². The SMILES string of the molecule is COCCCO[Si](C)(C)[Si-]([Si](C)(C)OCCCOC)[Si](C)(C)OCCCOC. The monoisotopic (exact) mass is 469 g/mol. The molecule has 0 aliphatic carbocycles. The molecule has 0 saturated carbocycles. The van der Waals surface area contributed by atoms with Gasteiger partial charge in [-0.15, -0.1) is 0 Å². The van der Waals surface area contributed by atoms with Gasteiger partial charge < -0.3 is 27.5 Å². The molecule has 10 heteroatoms. The van der Waals surface area contributed by atoms with Gasteiger partial charge in [0.25, 0.3) is 0 Å². The Balaban J connectivity index is 5.31. The van der Waals surface area contributed by atoms with Crippen molar-refractivity contribution in [2.24, 2.45) is 0 Å². The highest BCUT2D eigenvalue weighted by atomic mass is 29.9. The van der Waals surface area contributed by atoms with Crippen LogP contribution >= 0.6 is 0 Å². The Morgan fingerprint density at radius 3 is 0.929 bits per heavy atom. The normalized spacial score (nSPS) is 13.5. The summed E-state index contributed by atoms with van der Waals surface area (Å²) in [5.41, 5.74) is 0. The average molecular weight is 470 g/mol. The molecule has 0 rings (SSSR count). The predicted molar refractivity (Wildman–Crippen MR) is 126 cm³/mol. The fourth-order valence-corrected chi connectivity index (χ4v) is 69.0. The lowest BCUT2D eigenvalue weighted by atomic mass is 10.5. The lowest BCUT2D eigenvalue weighted by Crippen LogP contribution is -2.76. The minimum Gasteiger partial charge on any atom is -0.453 e. The average Bonchev–Trinajstić information content (AvgIpc) is 2.58. The van der Waals surface area contributed by atoms with E-state index in [1.807, 2.05) is 0 Å². The molecule has 0 atom stereocenters. The molecule has 0 radical (unpaired) electrons. The quantitative estimate of drug-likeness (QED) is 0.226. The van der Waals surface area contributed by atoms with Crippen LogP contribution in [0.25, 0.3) is 0 Å². The van der Waals surface area contributed by atoms with E-state index in [2.05, 4.69) is 39.3 Å². The molecule has 0 aromatic heterocycles.